The predicted molar refractivity (Wildman–Crippen MR) is 140 cm³/mol. The van der Waals surface area contributed by atoms with E-state index in [4.69, 9.17) is 21.3 Å². The number of hydrogen-bond donors (Lipinski definition) is 1. The molecule has 5 aromatic rings. The zero-order valence-corrected chi connectivity index (χ0v) is 20.5. The van der Waals surface area contributed by atoms with Gasteiger partial charge in [0.05, 0.1) is 28.9 Å². The van der Waals surface area contributed by atoms with Crippen molar-refractivity contribution in [3.05, 3.63) is 113 Å². The van der Waals surface area contributed by atoms with Gasteiger partial charge in [0.2, 0.25) is 0 Å². The highest BCUT2D eigenvalue weighted by Crippen LogP contribution is 2.42. The molecule has 3 aromatic carbocycles. The van der Waals surface area contributed by atoms with Gasteiger partial charge in [0.15, 0.2) is 0 Å². The van der Waals surface area contributed by atoms with Crippen molar-refractivity contribution in [3.8, 4) is 17.0 Å². The minimum atomic E-state index is -0.923. The second-order valence-corrected chi connectivity index (χ2v) is 9.39. The largest absolute Gasteiger partial charge is 0.487 e. The fourth-order valence-corrected chi connectivity index (χ4v) is 5.33. The number of rotatable bonds is 4. The Bertz CT molecular complexity index is 1580. The summed E-state index contributed by atoms with van der Waals surface area (Å²) in [5.74, 6) is 0.559. The lowest BCUT2D eigenvalue weighted by Crippen LogP contribution is -2.46. The molecule has 0 fully saturated rings. The fraction of sp³-hybridized carbons (Fsp3) is 0.172. The maximum atomic E-state index is 13.7. The number of benzene rings is 3. The number of fused-ring (bicyclic) bond motifs is 6. The molecule has 1 unspecified atom stereocenters. The quantitative estimate of drug-likeness (QED) is 0.328. The molecule has 6 bridgehead atoms. The molecule has 0 saturated carbocycles. The smallest absolute Gasteiger partial charge is 0.138 e. The van der Waals surface area contributed by atoms with Crippen LogP contribution in [0.5, 0.6) is 5.75 Å². The van der Waals surface area contributed by atoms with Crippen molar-refractivity contribution in [1.29, 1.82) is 0 Å². The molecule has 7 heteroatoms. The third-order valence-corrected chi connectivity index (χ3v) is 7.16. The third kappa shape index (κ3) is 3.65. The third-order valence-electron chi connectivity index (χ3n) is 6.84. The SMILES string of the molecule is Cn1cncc1C1(NCCF)c2ccc(Cl)c(c2)OCc2cccc(c2)-c2nccc3ccc1cc23. The molecule has 1 N–H and O–H groups in total. The van der Waals surface area contributed by atoms with E-state index in [9.17, 15) is 4.39 Å². The van der Waals surface area contributed by atoms with E-state index in [1.54, 1.807) is 6.33 Å². The highest BCUT2D eigenvalue weighted by molar-refractivity contribution is 6.32. The molecule has 0 aliphatic carbocycles. The van der Waals surface area contributed by atoms with Crippen LogP contribution in [0.2, 0.25) is 5.02 Å². The van der Waals surface area contributed by atoms with Gasteiger partial charge in [-0.2, -0.15) is 0 Å². The van der Waals surface area contributed by atoms with Gasteiger partial charge in [0, 0.05) is 30.7 Å². The van der Waals surface area contributed by atoms with Crippen LogP contribution in [-0.4, -0.2) is 27.8 Å². The Hall–Kier alpha value is -3.74. The maximum absolute atomic E-state index is 13.7. The first-order valence-corrected chi connectivity index (χ1v) is 12.2. The molecule has 0 spiro atoms. The summed E-state index contributed by atoms with van der Waals surface area (Å²) in [5, 5.41) is 6.11. The summed E-state index contributed by atoms with van der Waals surface area (Å²) in [5.41, 5.74) is 4.64. The molecule has 180 valence electrons. The van der Waals surface area contributed by atoms with E-state index < -0.39 is 12.2 Å². The second kappa shape index (κ2) is 9.04. The molecule has 3 heterocycles. The average molecular weight is 499 g/mol. The standard InChI is InChI=1S/C29H24ClFN4O/c1-35-18-32-16-27(35)29(34-12-10-31)22-6-5-20-9-11-33-28(24(20)14-22)21-4-2-3-19(13-21)17-36-26-15-23(29)7-8-25(26)30/h2-9,11,13-16,18,34H,10,12,17H2,1H3. The van der Waals surface area contributed by atoms with E-state index in [0.29, 0.717) is 17.4 Å². The van der Waals surface area contributed by atoms with Gasteiger partial charge in [-0.15, -0.1) is 0 Å². The molecule has 5 nitrogen and oxygen atoms in total. The maximum Gasteiger partial charge on any atom is 0.138 e. The summed E-state index contributed by atoms with van der Waals surface area (Å²) in [6.45, 7) is -0.0350. The summed E-state index contributed by atoms with van der Waals surface area (Å²) < 4.78 is 21.9. The van der Waals surface area contributed by atoms with E-state index in [1.807, 2.05) is 60.4 Å². The van der Waals surface area contributed by atoms with Crippen molar-refractivity contribution < 1.29 is 9.13 Å². The van der Waals surface area contributed by atoms with Gasteiger partial charge in [-0.25, -0.2) is 9.37 Å². The van der Waals surface area contributed by atoms with Gasteiger partial charge in [-0.05, 0) is 52.4 Å². The first-order chi connectivity index (χ1) is 17.6. The van der Waals surface area contributed by atoms with Gasteiger partial charge in [0.25, 0.3) is 0 Å². The van der Waals surface area contributed by atoms with Gasteiger partial charge in [0.1, 0.15) is 24.6 Å². The van der Waals surface area contributed by atoms with E-state index in [1.165, 1.54) is 0 Å². The Morgan fingerprint density at radius 2 is 1.94 bits per heavy atom. The number of imidazole rings is 1. The number of hydrogen-bond acceptors (Lipinski definition) is 4. The molecule has 2 aromatic heterocycles. The number of nitrogens with zero attached hydrogens (tertiary/aromatic N) is 3. The number of aromatic nitrogens is 3. The van der Waals surface area contributed by atoms with Crippen molar-refractivity contribution in [3.63, 3.8) is 0 Å². The van der Waals surface area contributed by atoms with Crippen LogP contribution >= 0.6 is 11.6 Å². The number of alkyl halides is 1. The topological polar surface area (TPSA) is 52.0 Å². The molecule has 0 saturated heterocycles. The lowest BCUT2D eigenvalue weighted by molar-refractivity contribution is 0.305. The molecular formula is C29H24ClFN4O. The minimum absolute atomic E-state index is 0.142. The van der Waals surface area contributed by atoms with Gasteiger partial charge >= 0.3 is 0 Å². The van der Waals surface area contributed by atoms with Gasteiger partial charge < -0.3 is 9.30 Å². The average Bonchev–Trinajstić information content (AvgIpc) is 3.34. The van der Waals surface area contributed by atoms with Crippen molar-refractivity contribution in [2.75, 3.05) is 13.2 Å². The van der Waals surface area contributed by atoms with Crippen LogP contribution in [0.15, 0.2) is 85.5 Å². The number of halogens is 2. The molecule has 1 atom stereocenters. The summed E-state index contributed by atoms with van der Waals surface area (Å²) in [4.78, 5) is 9.17. The second-order valence-electron chi connectivity index (χ2n) is 8.99. The zero-order chi connectivity index (χ0) is 24.7. The highest BCUT2D eigenvalue weighted by Gasteiger charge is 2.39. The summed E-state index contributed by atoms with van der Waals surface area (Å²) in [6.07, 6.45) is 5.40. The van der Waals surface area contributed by atoms with Crippen molar-refractivity contribution in [2.45, 2.75) is 12.1 Å². The van der Waals surface area contributed by atoms with Crippen molar-refractivity contribution in [2.24, 2.45) is 7.05 Å². The van der Waals surface area contributed by atoms with Crippen LogP contribution in [0, 0.1) is 0 Å². The molecule has 1 aliphatic rings. The number of pyridine rings is 1. The van der Waals surface area contributed by atoms with Crippen molar-refractivity contribution in [1.82, 2.24) is 19.9 Å². The van der Waals surface area contributed by atoms with Crippen LogP contribution in [0.3, 0.4) is 0 Å². The first kappa shape index (κ1) is 22.7. The number of ether oxygens (including phenoxy) is 1. The number of aryl methyl sites for hydroxylation is 1. The first-order valence-electron chi connectivity index (χ1n) is 11.8. The monoisotopic (exact) mass is 498 g/mol. The summed E-state index contributed by atoms with van der Waals surface area (Å²) in [7, 11) is 1.94. The lowest BCUT2D eigenvalue weighted by Gasteiger charge is -2.37. The van der Waals surface area contributed by atoms with E-state index in [2.05, 4.69) is 40.6 Å². The Labute approximate surface area is 213 Å². The molecule has 36 heavy (non-hydrogen) atoms. The molecule has 6 rings (SSSR count). The Morgan fingerprint density at radius 3 is 2.78 bits per heavy atom. The van der Waals surface area contributed by atoms with E-state index in [-0.39, 0.29) is 6.54 Å². The van der Waals surface area contributed by atoms with Gasteiger partial charge in [-0.1, -0.05) is 48.0 Å². The number of nitrogens with one attached hydrogen (secondary N) is 1. The fourth-order valence-electron chi connectivity index (χ4n) is 5.16. The summed E-state index contributed by atoms with van der Waals surface area (Å²) in [6, 6.07) is 22.3. The van der Waals surface area contributed by atoms with Crippen LogP contribution in [0.4, 0.5) is 4.39 Å². The molecule has 0 amide bonds. The summed E-state index contributed by atoms with van der Waals surface area (Å²) >= 11 is 6.58. The molecule has 0 radical (unpaired) electrons. The van der Waals surface area contributed by atoms with Crippen LogP contribution in [0.1, 0.15) is 22.4 Å². The molecular weight excluding hydrogens is 475 g/mol. The van der Waals surface area contributed by atoms with E-state index >= 15 is 0 Å². The van der Waals surface area contributed by atoms with Crippen molar-refractivity contribution >= 4 is 22.4 Å². The van der Waals surface area contributed by atoms with Crippen LogP contribution in [0.25, 0.3) is 22.0 Å². The predicted octanol–water partition coefficient (Wildman–Crippen LogP) is 6.03. The Kier molecular flexibility index (Phi) is 5.70. The molecule has 1 aliphatic heterocycles. The Balaban J connectivity index is 1.74. The van der Waals surface area contributed by atoms with E-state index in [0.717, 1.165) is 44.4 Å². The van der Waals surface area contributed by atoms with Crippen LogP contribution < -0.4 is 10.1 Å². The Morgan fingerprint density at radius 1 is 1.08 bits per heavy atom. The van der Waals surface area contributed by atoms with Crippen LogP contribution in [-0.2, 0) is 19.2 Å². The minimum Gasteiger partial charge on any atom is -0.487 e. The normalized spacial score (nSPS) is 16.8. The lowest BCUT2D eigenvalue weighted by atomic mass is 9.79. The zero-order valence-electron chi connectivity index (χ0n) is 19.7. The highest BCUT2D eigenvalue weighted by atomic mass is 35.5. The van der Waals surface area contributed by atoms with Gasteiger partial charge in [-0.3, -0.25) is 10.3 Å².